The lowest BCUT2D eigenvalue weighted by Crippen LogP contribution is -2.20. The molecule has 1 saturated heterocycles. The van der Waals surface area contributed by atoms with Crippen LogP contribution in [0.25, 0.3) is 0 Å². The van der Waals surface area contributed by atoms with Crippen LogP contribution in [0.4, 0.5) is 0 Å². The predicted molar refractivity (Wildman–Crippen MR) is 93.8 cm³/mol. The number of carbonyl (C=O) groups is 1. The smallest absolute Gasteiger partial charge is 0.311 e. The van der Waals surface area contributed by atoms with Crippen LogP contribution in [0.5, 0.6) is 5.75 Å². The molecule has 0 saturated carbocycles. The highest BCUT2D eigenvalue weighted by molar-refractivity contribution is 9.10. The maximum Gasteiger partial charge on any atom is 0.311 e. The Morgan fingerprint density at radius 3 is 2.54 bits per heavy atom. The van der Waals surface area contributed by atoms with E-state index in [1.807, 2.05) is 54.6 Å². The molecular formula is C19H19BrO4. The Balaban J connectivity index is 1.70. The minimum Gasteiger partial charge on any atom is -0.491 e. The van der Waals surface area contributed by atoms with Gasteiger partial charge in [-0.15, -0.1) is 0 Å². The Hall–Kier alpha value is -1.85. The highest BCUT2D eigenvalue weighted by atomic mass is 79.9. The molecule has 5 heteroatoms. The van der Waals surface area contributed by atoms with E-state index in [0.717, 1.165) is 15.8 Å². The first-order chi connectivity index (χ1) is 11.7. The van der Waals surface area contributed by atoms with Crippen molar-refractivity contribution in [1.82, 2.24) is 0 Å². The number of esters is 1. The summed E-state index contributed by atoms with van der Waals surface area (Å²) in [5.74, 6) is 0.230. The molecule has 0 N–H and O–H groups in total. The van der Waals surface area contributed by atoms with Crippen molar-refractivity contribution in [2.45, 2.75) is 18.6 Å². The number of para-hydroxylation sites is 1. The standard InChI is InChI=1S/C19H19BrO4/c1-22-19(21)17-11-16(12-23-15-5-3-2-4-6-15)24-18(17)13-7-9-14(20)10-8-13/h2-10,16-18H,11-12H2,1H3/t16-,17+,18-/m1/s1. The molecule has 4 nitrogen and oxygen atoms in total. The van der Waals surface area contributed by atoms with Crippen LogP contribution in [0.2, 0.25) is 0 Å². The molecule has 1 aliphatic heterocycles. The van der Waals surface area contributed by atoms with Crippen molar-refractivity contribution in [3.05, 3.63) is 64.6 Å². The van der Waals surface area contributed by atoms with E-state index >= 15 is 0 Å². The summed E-state index contributed by atoms with van der Waals surface area (Å²) in [6, 6.07) is 17.4. The van der Waals surface area contributed by atoms with Crippen LogP contribution in [-0.2, 0) is 14.3 Å². The van der Waals surface area contributed by atoms with Crippen LogP contribution >= 0.6 is 15.9 Å². The van der Waals surface area contributed by atoms with E-state index in [1.54, 1.807) is 0 Å². The summed E-state index contributed by atoms with van der Waals surface area (Å²) in [4.78, 5) is 12.1. The van der Waals surface area contributed by atoms with Gasteiger partial charge >= 0.3 is 5.97 Å². The van der Waals surface area contributed by atoms with Gasteiger partial charge in [0, 0.05) is 4.47 Å². The van der Waals surface area contributed by atoms with Crippen LogP contribution in [0.15, 0.2) is 59.1 Å². The van der Waals surface area contributed by atoms with Crippen molar-refractivity contribution in [3.8, 4) is 5.75 Å². The summed E-state index contributed by atoms with van der Waals surface area (Å²) < 4.78 is 17.8. The summed E-state index contributed by atoms with van der Waals surface area (Å²) in [6.45, 7) is 0.407. The van der Waals surface area contributed by atoms with E-state index in [1.165, 1.54) is 7.11 Å². The summed E-state index contributed by atoms with van der Waals surface area (Å²) in [7, 11) is 1.41. The summed E-state index contributed by atoms with van der Waals surface area (Å²) in [6.07, 6.45) is 0.123. The van der Waals surface area contributed by atoms with E-state index in [2.05, 4.69) is 15.9 Å². The van der Waals surface area contributed by atoms with Gasteiger partial charge in [0.05, 0.1) is 25.2 Å². The molecule has 0 aromatic heterocycles. The molecule has 0 radical (unpaired) electrons. The molecule has 2 aromatic carbocycles. The number of ether oxygens (including phenoxy) is 3. The van der Waals surface area contributed by atoms with Gasteiger partial charge in [-0.2, -0.15) is 0 Å². The first kappa shape index (κ1) is 17.0. The zero-order valence-corrected chi connectivity index (χ0v) is 14.9. The molecule has 1 heterocycles. The number of benzene rings is 2. The minimum absolute atomic E-state index is 0.150. The van der Waals surface area contributed by atoms with Gasteiger partial charge in [0.25, 0.3) is 0 Å². The van der Waals surface area contributed by atoms with Crippen molar-refractivity contribution >= 4 is 21.9 Å². The molecule has 0 amide bonds. The third-order valence-corrected chi connectivity index (χ3v) is 4.63. The fourth-order valence-corrected chi connectivity index (χ4v) is 3.18. The molecule has 3 rings (SSSR count). The van der Waals surface area contributed by atoms with E-state index < -0.39 is 0 Å². The maximum absolute atomic E-state index is 12.1. The Kier molecular flexibility index (Phi) is 5.53. The van der Waals surface area contributed by atoms with E-state index in [9.17, 15) is 4.79 Å². The SMILES string of the molecule is COC(=O)[C@H]1C[C@H](COc2ccccc2)O[C@@H]1c1ccc(Br)cc1. The summed E-state index contributed by atoms with van der Waals surface area (Å²) >= 11 is 3.42. The third kappa shape index (κ3) is 3.97. The lowest BCUT2D eigenvalue weighted by atomic mass is 9.94. The van der Waals surface area contributed by atoms with Crippen molar-refractivity contribution in [3.63, 3.8) is 0 Å². The largest absolute Gasteiger partial charge is 0.491 e. The normalized spacial score (nSPS) is 23.0. The predicted octanol–water partition coefficient (Wildman–Crippen LogP) is 4.15. The highest BCUT2D eigenvalue weighted by Gasteiger charge is 2.41. The third-order valence-electron chi connectivity index (χ3n) is 4.10. The average Bonchev–Trinajstić information content (AvgIpc) is 3.05. The van der Waals surface area contributed by atoms with Crippen LogP contribution in [0.1, 0.15) is 18.1 Å². The number of halogens is 1. The van der Waals surface area contributed by atoms with Crippen molar-refractivity contribution in [2.75, 3.05) is 13.7 Å². The molecule has 2 aromatic rings. The number of carbonyl (C=O) groups excluding carboxylic acids is 1. The maximum atomic E-state index is 12.1. The monoisotopic (exact) mass is 390 g/mol. The van der Waals surface area contributed by atoms with Gasteiger partial charge in [-0.25, -0.2) is 0 Å². The van der Waals surface area contributed by atoms with Crippen molar-refractivity contribution < 1.29 is 19.0 Å². The number of rotatable bonds is 5. The molecule has 0 aliphatic carbocycles. The second-order valence-corrected chi connectivity index (χ2v) is 6.64. The van der Waals surface area contributed by atoms with E-state index in [4.69, 9.17) is 14.2 Å². The fraction of sp³-hybridized carbons (Fsp3) is 0.316. The molecule has 0 bridgehead atoms. The Morgan fingerprint density at radius 1 is 1.17 bits per heavy atom. The quantitative estimate of drug-likeness (QED) is 0.719. The topological polar surface area (TPSA) is 44.8 Å². The zero-order chi connectivity index (χ0) is 16.9. The van der Waals surface area contributed by atoms with Crippen molar-refractivity contribution in [2.24, 2.45) is 5.92 Å². The Labute approximate surface area is 149 Å². The summed E-state index contributed by atoms with van der Waals surface area (Å²) in [5.41, 5.74) is 0.968. The molecular weight excluding hydrogens is 372 g/mol. The van der Waals surface area contributed by atoms with Gasteiger partial charge < -0.3 is 14.2 Å². The van der Waals surface area contributed by atoms with Gasteiger partial charge in [-0.1, -0.05) is 46.3 Å². The highest BCUT2D eigenvalue weighted by Crippen LogP contribution is 2.39. The lowest BCUT2D eigenvalue weighted by molar-refractivity contribution is -0.147. The second kappa shape index (κ2) is 7.81. The van der Waals surface area contributed by atoms with E-state index in [0.29, 0.717) is 13.0 Å². The Morgan fingerprint density at radius 2 is 1.88 bits per heavy atom. The van der Waals surface area contributed by atoms with Crippen LogP contribution in [0.3, 0.4) is 0 Å². The van der Waals surface area contributed by atoms with Gasteiger partial charge in [-0.05, 0) is 36.2 Å². The number of hydrogen-bond donors (Lipinski definition) is 0. The average molecular weight is 391 g/mol. The molecule has 24 heavy (non-hydrogen) atoms. The molecule has 126 valence electrons. The van der Waals surface area contributed by atoms with Gasteiger partial charge in [0.15, 0.2) is 0 Å². The molecule has 0 unspecified atom stereocenters. The minimum atomic E-state index is -0.319. The molecule has 3 atom stereocenters. The van der Waals surface area contributed by atoms with Crippen LogP contribution in [-0.4, -0.2) is 25.8 Å². The Bertz CT molecular complexity index is 672. The fourth-order valence-electron chi connectivity index (χ4n) is 2.91. The zero-order valence-electron chi connectivity index (χ0n) is 13.4. The first-order valence-corrected chi connectivity index (χ1v) is 8.63. The first-order valence-electron chi connectivity index (χ1n) is 7.84. The van der Waals surface area contributed by atoms with Gasteiger partial charge in [0.1, 0.15) is 12.4 Å². The number of methoxy groups -OCH3 is 1. The number of hydrogen-bond acceptors (Lipinski definition) is 4. The van der Waals surface area contributed by atoms with Crippen LogP contribution < -0.4 is 4.74 Å². The lowest BCUT2D eigenvalue weighted by Gasteiger charge is -2.17. The van der Waals surface area contributed by atoms with E-state index in [-0.39, 0.29) is 24.1 Å². The second-order valence-electron chi connectivity index (χ2n) is 5.72. The molecule has 1 fully saturated rings. The van der Waals surface area contributed by atoms with Crippen LogP contribution in [0, 0.1) is 5.92 Å². The van der Waals surface area contributed by atoms with Crippen molar-refractivity contribution in [1.29, 1.82) is 0 Å². The van der Waals surface area contributed by atoms with Gasteiger partial charge in [-0.3, -0.25) is 4.79 Å². The molecule has 1 aliphatic rings. The summed E-state index contributed by atoms with van der Waals surface area (Å²) in [5, 5.41) is 0. The van der Waals surface area contributed by atoms with Gasteiger partial charge in [0.2, 0.25) is 0 Å². The molecule has 0 spiro atoms.